The number of hydrogen-bond acceptors (Lipinski definition) is 5. The number of Topliss-reactive ketones (excluding diaryl/α,β-unsaturated/α-hetero) is 1. The largest absolute Gasteiger partial charge is 0.297 e. The highest BCUT2D eigenvalue weighted by molar-refractivity contribution is 6.30. The van der Waals surface area contributed by atoms with Gasteiger partial charge < -0.3 is 0 Å². The van der Waals surface area contributed by atoms with Gasteiger partial charge in [-0.05, 0) is 31.2 Å². The van der Waals surface area contributed by atoms with Gasteiger partial charge in [-0.15, -0.1) is 5.10 Å². The molecule has 0 saturated carbocycles. The first-order valence-corrected chi connectivity index (χ1v) is 8.61. The minimum atomic E-state index is -0.232. The molecule has 8 nitrogen and oxygen atoms in total. The number of rotatable bonds is 5. The monoisotopic (exact) mass is 382 g/mol. The van der Waals surface area contributed by atoms with Crippen molar-refractivity contribution < 1.29 is 4.79 Å². The zero-order valence-electron chi connectivity index (χ0n) is 14.4. The number of benzene rings is 1. The van der Waals surface area contributed by atoms with Crippen LogP contribution < -0.4 is 5.56 Å². The van der Waals surface area contributed by atoms with Gasteiger partial charge in [-0.3, -0.25) is 19.7 Å². The van der Waals surface area contributed by atoms with Gasteiger partial charge in [0.15, 0.2) is 5.78 Å². The number of nitrogens with zero attached hydrogens (tertiary/aromatic N) is 5. The van der Waals surface area contributed by atoms with E-state index in [0.29, 0.717) is 32.9 Å². The molecule has 0 fully saturated rings. The second-order valence-electron chi connectivity index (χ2n) is 6.16. The third-order valence-corrected chi connectivity index (χ3v) is 4.57. The zero-order chi connectivity index (χ0) is 19.0. The van der Waals surface area contributed by atoms with E-state index in [-0.39, 0.29) is 24.3 Å². The highest BCUT2D eigenvalue weighted by Crippen LogP contribution is 2.19. The Morgan fingerprint density at radius 2 is 2.04 bits per heavy atom. The normalized spacial score (nSPS) is 11.2. The summed E-state index contributed by atoms with van der Waals surface area (Å²) in [5, 5.41) is 11.6. The number of H-pyrrole nitrogens is 1. The van der Waals surface area contributed by atoms with E-state index in [2.05, 4.69) is 20.4 Å². The van der Waals surface area contributed by atoms with Crippen molar-refractivity contribution in [2.24, 2.45) is 0 Å². The summed E-state index contributed by atoms with van der Waals surface area (Å²) in [6, 6.07) is 6.91. The van der Waals surface area contributed by atoms with Gasteiger partial charge in [0.05, 0.1) is 22.8 Å². The summed E-state index contributed by atoms with van der Waals surface area (Å²) >= 11 is 5.92. The maximum atomic E-state index is 12.8. The third kappa shape index (κ3) is 3.26. The molecular formula is C18H15ClN6O2. The molecule has 0 radical (unpaired) electrons. The molecule has 9 heteroatoms. The Morgan fingerprint density at radius 3 is 2.74 bits per heavy atom. The third-order valence-electron chi connectivity index (χ3n) is 4.32. The molecular weight excluding hydrogens is 368 g/mol. The summed E-state index contributed by atoms with van der Waals surface area (Å²) in [5.74, 6) is -0.0574. The van der Waals surface area contributed by atoms with Crippen molar-refractivity contribution in [3.63, 3.8) is 0 Å². The van der Waals surface area contributed by atoms with E-state index in [1.165, 1.54) is 21.8 Å². The molecule has 136 valence electrons. The van der Waals surface area contributed by atoms with Crippen LogP contribution in [0.5, 0.6) is 0 Å². The predicted molar refractivity (Wildman–Crippen MR) is 100 cm³/mol. The van der Waals surface area contributed by atoms with Gasteiger partial charge >= 0.3 is 0 Å². The lowest BCUT2D eigenvalue weighted by molar-refractivity contribution is -0.119. The Kier molecular flexibility index (Phi) is 4.33. The molecule has 0 aliphatic rings. The zero-order valence-corrected chi connectivity index (χ0v) is 15.1. The maximum absolute atomic E-state index is 12.8. The van der Waals surface area contributed by atoms with Crippen LogP contribution in [-0.4, -0.2) is 35.5 Å². The van der Waals surface area contributed by atoms with Crippen LogP contribution in [0.2, 0.25) is 5.02 Å². The summed E-state index contributed by atoms with van der Waals surface area (Å²) in [7, 11) is 0. The highest BCUT2D eigenvalue weighted by Gasteiger charge is 2.17. The summed E-state index contributed by atoms with van der Waals surface area (Å²) in [4.78, 5) is 29.5. The van der Waals surface area contributed by atoms with Crippen LogP contribution in [0.3, 0.4) is 0 Å². The van der Waals surface area contributed by atoms with Crippen LogP contribution in [0.25, 0.3) is 16.6 Å². The Hall–Kier alpha value is -3.26. The minimum absolute atomic E-state index is 0.0574. The van der Waals surface area contributed by atoms with E-state index in [0.717, 1.165) is 0 Å². The summed E-state index contributed by atoms with van der Waals surface area (Å²) < 4.78 is 2.89. The number of aromatic nitrogens is 6. The number of carbonyl (C=O) groups excluding carboxylic acids is 1. The quantitative estimate of drug-likeness (QED) is 0.569. The lowest BCUT2D eigenvalue weighted by Crippen LogP contribution is -2.14. The van der Waals surface area contributed by atoms with E-state index in [4.69, 9.17) is 11.6 Å². The fourth-order valence-electron chi connectivity index (χ4n) is 2.96. The molecule has 0 bridgehead atoms. The number of nitrogens with one attached hydrogen (secondary N) is 1. The second kappa shape index (κ2) is 6.81. The lowest BCUT2D eigenvalue weighted by Gasteiger charge is -2.06. The summed E-state index contributed by atoms with van der Waals surface area (Å²) in [6.07, 6.45) is 4.81. The summed E-state index contributed by atoms with van der Waals surface area (Å²) in [6.45, 7) is 1.92. The Labute approximate surface area is 158 Å². The van der Waals surface area contributed by atoms with Crippen molar-refractivity contribution in [3.8, 4) is 5.69 Å². The van der Waals surface area contributed by atoms with Crippen LogP contribution in [0, 0.1) is 6.92 Å². The highest BCUT2D eigenvalue weighted by atomic mass is 35.5. The molecule has 1 aromatic carbocycles. The average molecular weight is 383 g/mol. The summed E-state index contributed by atoms with van der Waals surface area (Å²) in [5.41, 5.74) is 2.42. The molecule has 0 unspecified atom stereocenters. The van der Waals surface area contributed by atoms with Crippen LogP contribution in [0.4, 0.5) is 0 Å². The van der Waals surface area contributed by atoms with Crippen molar-refractivity contribution in [3.05, 3.63) is 69.5 Å². The van der Waals surface area contributed by atoms with Crippen molar-refractivity contribution >= 4 is 28.3 Å². The topological polar surface area (TPSA) is 98.5 Å². The molecule has 0 saturated heterocycles. The number of aryl methyl sites for hydroxylation is 1. The fraction of sp³-hybridized carbons (Fsp3) is 0.167. The number of ketones is 1. The minimum Gasteiger partial charge on any atom is -0.297 e. The predicted octanol–water partition coefficient (Wildman–Crippen LogP) is 2.08. The molecule has 27 heavy (non-hydrogen) atoms. The molecule has 4 aromatic rings. The first-order chi connectivity index (χ1) is 13.0. The van der Waals surface area contributed by atoms with Gasteiger partial charge in [-0.1, -0.05) is 16.8 Å². The van der Waals surface area contributed by atoms with Crippen molar-refractivity contribution in [2.45, 2.75) is 19.9 Å². The van der Waals surface area contributed by atoms with Crippen LogP contribution in [0.1, 0.15) is 11.3 Å². The second-order valence-corrected chi connectivity index (χ2v) is 6.59. The van der Waals surface area contributed by atoms with Crippen LogP contribution >= 0.6 is 11.6 Å². The number of pyridine rings is 1. The Morgan fingerprint density at radius 1 is 1.26 bits per heavy atom. The number of aromatic amines is 1. The number of fused-ring (bicyclic) bond motifs is 1. The van der Waals surface area contributed by atoms with Gasteiger partial charge in [0.25, 0.3) is 5.56 Å². The van der Waals surface area contributed by atoms with Crippen molar-refractivity contribution in [1.29, 1.82) is 0 Å². The lowest BCUT2D eigenvalue weighted by atomic mass is 10.1. The van der Waals surface area contributed by atoms with E-state index in [9.17, 15) is 9.59 Å². The van der Waals surface area contributed by atoms with Crippen LogP contribution in [-0.2, 0) is 17.8 Å². The molecule has 4 rings (SSSR count). The first-order valence-electron chi connectivity index (χ1n) is 8.24. The Balaban J connectivity index is 1.75. The van der Waals surface area contributed by atoms with E-state index >= 15 is 0 Å². The van der Waals surface area contributed by atoms with E-state index in [1.54, 1.807) is 30.5 Å². The maximum Gasteiger partial charge on any atom is 0.280 e. The van der Waals surface area contributed by atoms with Crippen molar-refractivity contribution in [1.82, 2.24) is 29.8 Å². The Bertz CT molecular complexity index is 1180. The van der Waals surface area contributed by atoms with Gasteiger partial charge in [0, 0.05) is 35.1 Å². The standard InChI is InChI=1S/C18H15ClN6O2/c1-11-15(8-14(26)10-24-7-6-21-23-24)17-16(9-20-11)18(27)25(22-17)13-4-2-12(19)3-5-13/h2-7,9,22H,8,10H2,1H3. The number of carbonyl (C=O) groups is 1. The number of halogens is 1. The van der Waals surface area contributed by atoms with Crippen LogP contribution in [0.15, 0.2) is 47.7 Å². The van der Waals surface area contributed by atoms with Gasteiger partial charge in [0.2, 0.25) is 0 Å². The van der Waals surface area contributed by atoms with Gasteiger partial charge in [0.1, 0.15) is 6.54 Å². The molecule has 3 heterocycles. The number of hydrogen-bond donors (Lipinski definition) is 1. The van der Waals surface area contributed by atoms with Gasteiger partial charge in [-0.2, -0.15) is 0 Å². The average Bonchev–Trinajstić information content (AvgIpc) is 3.26. The molecule has 0 amide bonds. The fourth-order valence-corrected chi connectivity index (χ4v) is 3.09. The molecule has 0 aliphatic carbocycles. The smallest absolute Gasteiger partial charge is 0.280 e. The van der Waals surface area contributed by atoms with Crippen molar-refractivity contribution in [2.75, 3.05) is 0 Å². The van der Waals surface area contributed by atoms with E-state index < -0.39 is 0 Å². The molecule has 1 N–H and O–H groups in total. The molecule has 0 aliphatic heterocycles. The first kappa shape index (κ1) is 17.2. The van der Waals surface area contributed by atoms with Gasteiger partial charge in [-0.25, -0.2) is 9.36 Å². The molecule has 3 aromatic heterocycles. The SMILES string of the molecule is Cc1ncc2c(=O)n(-c3ccc(Cl)cc3)[nH]c2c1CC(=O)Cn1ccnn1. The molecule has 0 atom stereocenters. The molecule has 0 spiro atoms. The van der Waals surface area contributed by atoms with E-state index in [1.807, 2.05) is 6.92 Å².